The van der Waals surface area contributed by atoms with E-state index in [4.69, 9.17) is 0 Å². The summed E-state index contributed by atoms with van der Waals surface area (Å²) in [7, 11) is -4.01. The van der Waals surface area contributed by atoms with Crippen LogP contribution in [0.3, 0.4) is 0 Å². The molecular weight excluding hydrogens is 420 g/mol. The van der Waals surface area contributed by atoms with Gasteiger partial charge in [0.2, 0.25) is 5.91 Å². The highest BCUT2D eigenvalue weighted by Gasteiger charge is 2.43. The first-order valence-electron chi connectivity index (χ1n) is 9.90. The van der Waals surface area contributed by atoms with E-state index in [1.165, 1.54) is 6.07 Å². The molecule has 0 atom stereocenters. The summed E-state index contributed by atoms with van der Waals surface area (Å²) >= 11 is 0.994. The number of hydrogen-bond donors (Lipinski definition) is 2. The minimum absolute atomic E-state index is 0.0131. The molecule has 1 aliphatic carbocycles. The number of nitriles is 1. The number of carbonyl (C=O) groups excluding carboxylic acids is 1. The quantitative estimate of drug-likeness (QED) is 0.671. The van der Waals surface area contributed by atoms with Crippen molar-refractivity contribution in [1.82, 2.24) is 4.72 Å². The van der Waals surface area contributed by atoms with Crippen LogP contribution in [0.4, 0.5) is 0 Å². The Morgan fingerprint density at radius 1 is 1.20 bits per heavy atom. The monoisotopic (exact) mass is 446 g/mol. The molecule has 1 fully saturated rings. The molecule has 8 heteroatoms. The summed E-state index contributed by atoms with van der Waals surface area (Å²) in [6.45, 7) is 7.92. The third-order valence-electron chi connectivity index (χ3n) is 5.38. The van der Waals surface area contributed by atoms with Gasteiger partial charge in [0.1, 0.15) is 4.21 Å². The van der Waals surface area contributed by atoms with Gasteiger partial charge in [0.15, 0.2) is 0 Å². The van der Waals surface area contributed by atoms with Crippen molar-refractivity contribution in [2.45, 2.75) is 68.6 Å². The molecule has 0 saturated heterocycles. The van der Waals surface area contributed by atoms with Crippen molar-refractivity contribution in [3.05, 3.63) is 51.4 Å². The van der Waals surface area contributed by atoms with Gasteiger partial charge in [-0.05, 0) is 70.5 Å². The number of sulfonamides is 1. The molecule has 1 heterocycles. The van der Waals surface area contributed by atoms with Crippen LogP contribution in [0.5, 0.6) is 0 Å². The van der Waals surface area contributed by atoms with E-state index in [9.17, 15) is 23.6 Å². The minimum atomic E-state index is -4.01. The Hall–Kier alpha value is -2.21. The summed E-state index contributed by atoms with van der Waals surface area (Å²) in [5.74, 6) is -0.465. The summed E-state index contributed by atoms with van der Waals surface area (Å²) in [6, 6.07) is 7.15. The first-order chi connectivity index (χ1) is 14.0. The molecule has 2 N–H and O–H groups in total. The van der Waals surface area contributed by atoms with Crippen LogP contribution in [0.1, 0.15) is 80.2 Å². The number of rotatable bonds is 7. The van der Waals surface area contributed by atoms with Crippen molar-refractivity contribution < 1.29 is 18.3 Å². The number of aliphatic hydroxyl groups is 1. The van der Waals surface area contributed by atoms with Gasteiger partial charge in [0, 0.05) is 0 Å². The second-order valence-electron chi connectivity index (χ2n) is 8.45. The van der Waals surface area contributed by atoms with Crippen LogP contribution in [0.25, 0.3) is 0 Å². The van der Waals surface area contributed by atoms with Crippen LogP contribution in [-0.4, -0.2) is 19.4 Å². The Kier molecular flexibility index (Phi) is 6.10. The maximum Gasteiger partial charge on any atom is 0.273 e. The van der Waals surface area contributed by atoms with E-state index < -0.39 is 21.5 Å². The molecule has 0 spiro atoms. The van der Waals surface area contributed by atoms with E-state index >= 15 is 0 Å². The molecule has 1 saturated carbocycles. The number of nitrogens with one attached hydrogen (secondary N) is 1. The van der Waals surface area contributed by atoms with E-state index in [1.807, 2.05) is 27.7 Å². The molecule has 1 aromatic heterocycles. The van der Waals surface area contributed by atoms with Gasteiger partial charge < -0.3 is 5.11 Å². The molecule has 30 heavy (non-hydrogen) atoms. The summed E-state index contributed by atoms with van der Waals surface area (Å²) < 4.78 is 27.5. The number of carbonyl (C=O) groups is 1. The first kappa shape index (κ1) is 22.5. The van der Waals surface area contributed by atoms with E-state index in [-0.39, 0.29) is 22.5 Å². The highest BCUT2D eigenvalue weighted by molar-refractivity contribution is 7.92. The van der Waals surface area contributed by atoms with Gasteiger partial charge in [-0.25, -0.2) is 13.1 Å². The molecule has 160 valence electrons. The maximum atomic E-state index is 12.7. The fourth-order valence-corrected chi connectivity index (χ4v) is 5.78. The largest absolute Gasteiger partial charge is 0.385 e. The van der Waals surface area contributed by atoms with Crippen LogP contribution in [-0.2, 0) is 26.8 Å². The highest BCUT2D eigenvalue weighted by Crippen LogP contribution is 2.47. The molecule has 3 rings (SSSR count). The molecular formula is C22H26N2O4S2. The van der Waals surface area contributed by atoms with Gasteiger partial charge in [-0.1, -0.05) is 27.7 Å². The van der Waals surface area contributed by atoms with Crippen molar-refractivity contribution in [2.75, 3.05) is 0 Å². The van der Waals surface area contributed by atoms with E-state index in [2.05, 4.69) is 10.8 Å². The van der Waals surface area contributed by atoms with Crippen molar-refractivity contribution >= 4 is 27.3 Å². The lowest BCUT2D eigenvalue weighted by molar-refractivity contribution is -0.118. The van der Waals surface area contributed by atoms with Crippen molar-refractivity contribution in [3.63, 3.8) is 0 Å². The minimum Gasteiger partial charge on any atom is -0.385 e. The number of benzene rings is 1. The average Bonchev–Trinajstić information content (AvgIpc) is 3.19. The molecule has 6 nitrogen and oxygen atoms in total. The summed E-state index contributed by atoms with van der Waals surface area (Å²) in [6.07, 6.45) is 1.14. The maximum absolute atomic E-state index is 12.7. The van der Waals surface area contributed by atoms with Crippen LogP contribution >= 0.6 is 11.3 Å². The standard InChI is InChI=1S/C22H26N2O4S2/c1-13(2)17-7-15(11-23)8-18(14(3)4)19(17)10-20(25)24-30(27,28)21-9-16(12-29-21)22(26)5-6-22/h7-9,12-14,26H,5-6,10H2,1-4H3,(H,24,25). The second-order valence-corrected chi connectivity index (χ2v) is 11.3. The topological polar surface area (TPSA) is 107 Å². The molecule has 2 aromatic rings. The van der Waals surface area contributed by atoms with Crippen LogP contribution < -0.4 is 4.72 Å². The molecule has 0 bridgehead atoms. The first-order valence-corrected chi connectivity index (χ1v) is 12.3. The molecule has 0 aliphatic heterocycles. The van der Waals surface area contributed by atoms with Gasteiger partial charge in [-0.2, -0.15) is 5.26 Å². The fraction of sp³-hybridized carbons (Fsp3) is 0.455. The van der Waals surface area contributed by atoms with Crippen LogP contribution in [0, 0.1) is 11.3 Å². The SMILES string of the molecule is CC(C)c1cc(C#N)cc(C(C)C)c1CC(=O)NS(=O)(=O)c1cc(C2(O)CC2)cs1. The molecule has 1 amide bonds. The lowest BCUT2D eigenvalue weighted by Crippen LogP contribution is -2.32. The Morgan fingerprint density at radius 2 is 1.77 bits per heavy atom. The lowest BCUT2D eigenvalue weighted by Gasteiger charge is -2.20. The Bertz CT molecular complexity index is 1090. The van der Waals surface area contributed by atoms with E-state index in [1.54, 1.807) is 17.5 Å². The average molecular weight is 447 g/mol. The smallest absolute Gasteiger partial charge is 0.273 e. The second kappa shape index (κ2) is 8.14. The number of nitrogens with zero attached hydrogens (tertiary/aromatic N) is 1. The van der Waals surface area contributed by atoms with Gasteiger partial charge in [0.05, 0.1) is 23.7 Å². The van der Waals surface area contributed by atoms with Crippen molar-refractivity contribution in [3.8, 4) is 6.07 Å². The Morgan fingerprint density at radius 3 is 2.23 bits per heavy atom. The van der Waals surface area contributed by atoms with E-state index in [0.717, 1.165) is 28.0 Å². The van der Waals surface area contributed by atoms with Crippen LogP contribution in [0.15, 0.2) is 27.8 Å². The highest BCUT2D eigenvalue weighted by atomic mass is 32.2. The summed E-state index contributed by atoms with van der Waals surface area (Å²) in [5, 5.41) is 21.1. The van der Waals surface area contributed by atoms with Crippen LogP contribution in [0.2, 0.25) is 0 Å². The predicted octanol–water partition coefficient (Wildman–Crippen LogP) is 3.90. The third kappa shape index (κ3) is 4.59. The molecule has 1 aliphatic rings. The summed E-state index contributed by atoms with van der Waals surface area (Å²) in [5.41, 5.74) is 2.71. The van der Waals surface area contributed by atoms with E-state index in [0.29, 0.717) is 24.0 Å². The number of thiophene rings is 1. The summed E-state index contributed by atoms with van der Waals surface area (Å²) in [4.78, 5) is 12.7. The van der Waals surface area contributed by atoms with Crippen molar-refractivity contribution in [1.29, 1.82) is 5.26 Å². The normalized spacial score (nSPS) is 15.3. The number of hydrogen-bond acceptors (Lipinski definition) is 6. The van der Waals surface area contributed by atoms with Gasteiger partial charge in [-0.15, -0.1) is 11.3 Å². The Balaban J connectivity index is 1.87. The lowest BCUT2D eigenvalue weighted by atomic mass is 9.85. The fourth-order valence-electron chi connectivity index (χ4n) is 3.52. The third-order valence-corrected chi connectivity index (χ3v) is 8.19. The zero-order valence-corrected chi connectivity index (χ0v) is 19.2. The Labute approximate surface area is 181 Å². The zero-order chi connectivity index (χ0) is 22.3. The van der Waals surface area contributed by atoms with Gasteiger partial charge in [0.25, 0.3) is 10.0 Å². The molecule has 1 aromatic carbocycles. The van der Waals surface area contributed by atoms with Gasteiger partial charge >= 0.3 is 0 Å². The molecule has 0 unspecified atom stereocenters. The van der Waals surface area contributed by atoms with Crippen molar-refractivity contribution in [2.24, 2.45) is 0 Å². The zero-order valence-electron chi connectivity index (χ0n) is 17.5. The molecule has 0 radical (unpaired) electrons. The van der Waals surface area contributed by atoms with Gasteiger partial charge in [-0.3, -0.25) is 4.79 Å². The predicted molar refractivity (Wildman–Crippen MR) is 116 cm³/mol. The number of amides is 1.